The molecular formula is C14H20N2O2. The molecule has 1 saturated heterocycles. The van der Waals surface area contributed by atoms with Crippen LogP contribution in [0.15, 0.2) is 24.3 Å². The lowest BCUT2D eigenvalue weighted by Gasteiger charge is -2.27. The highest BCUT2D eigenvalue weighted by Crippen LogP contribution is 2.21. The van der Waals surface area contributed by atoms with Gasteiger partial charge in [0.15, 0.2) is 0 Å². The van der Waals surface area contributed by atoms with Gasteiger partial charge in [-0.3, -0.25) is 9.69 Å². The van der Waals surface area contributed by atoms with Crippen LogP contribution in [-0.2, 0) is 11.3 Å². The third-order valence-electron chi connectivity index (χ3n) is 2.85. The second-order valence-electron chi connectivity index (χ2n) is 4.83. The fourth-order valence-corrected chi connectivity index (χ4v) is 2.07. The molecule has 0 unspecified atom stereocenters. The second-order valence-corrected chi connectivity index (χ2v) is 4.83. The van der Waals surface area contributed by atoms with Crippen LogP contribution in [0.4, 0.5) is 0 Å². The fourth-order valence-electron chi connectivity index (χ4n) is 2.07. The van der Waals surface area contributed by atoms with Crippen LogP contribution >= 0.6 is 0 Å². The van der Waals surface area contributed by atoms with Crippen molar-refractivity contribution in [3.8, 4) is 5.75 Å². The van der Waals surface area contributed by atoms with Crippen LogP contribution < -0.4 is 10.1 Å². The van der Waals surface area contributed by atoms with Crippen LogP contribution in [-0.4, -0.2) is 36.5 Å². The summed E-state index contributed by atoms with van der Waals surface area (Å²) in [4.78, 5) is 13.5. The number of hydrogen-bond acceptors (Lipinski definition) is 3. The van der Waals surface area contributed by atoms with E-state index in [1.807, 2.05) is 32.0 Å². The van der Waals surface area contributed by atoms with Gasteiger partial charge in [-0.2, -0.15) is 0 Å². The van der Waals surface area contributed by atoms with Crippen LogP contribution in [0.3, 0.4) is 0 Å². The van der Waals surface area contributed by atoms with Crippen molar-refractivity contribution in [3.63, 3.8) is 0 Å². The van der Waals surface area contributed by atoms with Gasteiger partial charge in [0, 0.05) is 25.2 Å². The lowest BCUT2D eigenvalue weighted by molar-refractivity contribution is -0.124. The molecule has 0 spiro atoms. The van der Waals surface area contributed by atoms with Gasteiger partial charge in [-0.1, -0.05) is 18.2 Å². The van der Waals surface area contributed by atoms with Crippen LogP contribution in [0.1, 0.15) is 19.4 Å². The van der Waals surface area contributed by atoms with E-state index in [-0.39, 0.29) is 12.0 Å². The minimum Gasteiger partial charge on any atom is -0.491 e. The van der Waals surface area contributed by atoms with Crippen molar-refractivity contribution >= 4 is 5.91 Å². The van der Waals surface area contributed by atoms with Gasteiger partial charge in [0.05, 0.1) is 12.6 Å². The first-order valence-electron chi connectivity index (χ1n) is 6.39. The largest absolute Gasteiger partial charge is 0.491 e. The molecule has 0 aromatic heterocycles. The van der Waals surface area contributed by atoms with Gasteiger partial charge in [-0.25, -0.2) is 0 Å². The number of carbonyl (C=O) groups excluding carboxylic acids is 1. The predicted molar refractivity (Wildman–Crippen MR) is 70.5 cm³/mol. The van der Waals surface area contributed by atoms with Crippen molar-refractivity contribution < 1.29 is 9.53 Å². The Morgan fingerprint density at radius 2 is 2.17 bits per heavy atom. The smallest absolute Gasteiger partial charge is 0.234 e. The van der Waals surface area contributed by atoms with E-state index in [0.29, 0.717) is 6.54 Å². The highest BCUT2D eigenvalue weighted by molar-refractivity contribution is 5.78. The molecule has 0 radical (unpaired) electrons. The monoisotopic (exact) mass is 248 g/mol. The molecule has 1 aromatic rings. The second kappa shape index (κ2) is 5.87. The third-order valence-corrected chi connectivity index (χ3v) is 2.85. The maximum Gasteiger partial charge on any atom is 0.234 e. The minimum atomic E-state index is 0.100. The maximum atomic E-state index is 11.3. The van der Waals surface area contributed by atoms with E-state index >= 15 is 0 Å². The van der Waals surface area contributed by atoms with E-state index in [4.69, 9.17) is 4.74 Å². The number of rotatable bonds is 4. The molecule has 1 amide bonds. The van der Waals surface area contributed by atoms with E-state index in [2.05, 4.69) is 16.3 Å². The van der Waals surface area contributed by atoms with Crippen molar-refractivity contribution in [2.75, 3.05) is 19.6 Å². The summed E-state index contributed by atoms with van der Waals surface area (Å²) in [6, 6.07) is 8.03. The average molecular weight is 248 g/mol. The summed E-state index contributed by atoms with van der Waals surface area (Å²) in [6.07, 6.45) is 0.163. The summed E-state index contributed by atoms with van der Waals surface area (Å²) in [5.74, 6) is 1.02. The van der Waals surface area contributed by atoms with Crippen molar-refractivity contribution in [1.82, 2.24) is 10.2 Å². The molecule has 4 heteroatoms. The Hall–Kier alpha value is -1.55. The van der Waals surface area contributed by atoms with Gasteiger partial charge in [0.2, 0.25) is 5.91 Å². The van der Waals surface area contributed by atoms with Crippen LogP contribution in [0, 0.1) is 0 Å². The van der Waals surface area contributed by atoms with Crippen LogP contribution in [0.25, 0.3) is 0 Å². The normalized spacial score (nSPS) is 16.7. The molecule has 2 rings (SSSR count). The molecule has 1 aromatic carbocycles. The number of piperazine rings is 1. The Balaban J connectivity index is 2.05. The summed E-state index contributed by atoms with van der Waals surface area (Å²) in [5, 5.41) is 2.83. The standard InChI is InChI=1S/C14H20N2O2/c1-11(2)18-13-6-4-3-5-12(13)9-16-8-7-15-14(17)10-16/h3-6,11H,7-10H2,1-2H3,(H,15,17). The molecule has 0 bridgehead atoms. The first-order chi connectivity index (χ1) is 8.65. The maximum absolute atomic E-state index is 11.3. The third kappa shape index (κ3) is 3.47. The first kappa shape index (κ1) is 12.9. The molecule has 0 atom stereocenters. The van der Waals surface area contributed by atoms with Crippen molar-refractivity contribution in [2.24, 2.45) is 0 Å². The predicted octanol–water partition coefficient (Wildman–Crippen LogP) is 1.41. The molecular weight excluding hydrogens is 228 g/mol. The molecule has 1 N–H and O–H groups in total. The molecule has 1 heterocycles. The summed E-state index contributed by atoms with van der Waals surface area (Å²) < 4.78 is 5.79. The first-order valence-corrected chi connectivity index (χ1v) is 6.39. The highest BCUT2D eigenvalue weighted by Gasteiger charge is 2.17. The summed E-state index contributed by atoms with van der Waals surface area (Å²) in [5.41, 5.74) is 1.14. The number of para-hydroxylation sites is 1. The van der Waals surface area contributed by atoms with Gasteiger partial charge in [-0.15, -0.1) is 0 Å². The quantitative estimate of drug-likeness (QED) is 0.876. The number of amides is 1. The van der Waals surface area contributed by atoms with Gasteiger partial charge in [-0.05, 0) is 19.9 Å². The van der Waals surface area contributed by atoms with Crippen molar-refractivity contribution in [1.29, 1.82) is 0 Å². The Labute approximate surface area is 108 Å². The van der Waals surface area contributed by atoms with E-state index < -0.39 is 0 Å². The molecule has 18 heavy (non-hydrogen) atoms. The average Bonchev–Trinajstić information content (AvgIpc) is 2.31. The highest BCUT2D eigenvalue weighted by atomic mass is 16.5. The minimum absolute atomic E-state index is 0.100. The zero-order valence-corrected chi connectivity index (χ0v) is 11.0. The molecule has 4 nitrogen and oxygen atoms in total. The van der Waals surface area contributed by atoms with Gasteiger partial charge < -0.3 is 10.1 Å². The van der Waals surface area contributed by atoms with E-state index in [1.165, 1.54) is 0 Å². The van der Waals surface area contributed by atoms with Crippen molar-refractivity contribution in [2.45, 2.75) is 26.5 Å². The lowest BCUT2D eigenvalue weighted by atomic mass is 10.1. The zero-order valence-electron chi connectivity index (χ0n) is 11.0. The van der Waals surface area contributed by atoms with E-state index in [1.54, 1.807) is 0 Å². The molecule has 1 aliphatic rings. The van der Waals surface area contributed by atoms with Gasteiger partial charge in [0.1, 0.15) is 5.75 Å². The van der Waals surface area contributed by atoms with E-state index in [9.17, 15) is 4.79 Å². The Kier molecular flexibility index (Phi) is 4.20. The Morgan fingerprint density at radius 1 is 1.39 bits per heavy atom. The summed E-state index contributed by atoms with van der Waals surface area (Å²) >= 11 is 0. The number of carbonyl (C=O) groups is 1. The topological polar surface area (TPSA) is 41.6 Å². The van der Waals surface area contributed by atoms with E-state index in [0.717, 1.165) is 30.9 Å². The van der Waals surface area contributed by atoms with Gasteiger partial charge >= 0.3 is 0 Å². The Morgan fingerprint density at radius 3 is 2.89 bits per heavy atom. The summed E-state index contributed by atoms with van der Waals surface area (Å²) in [7, 11) is 0. The lowest BCUT2D eigenvalue weighted by Crippen LogP contribution is -2.47. The summed E-state index contributed by atoms with van der Waals surface area (Å²) in [6.45, 7) is 6.89. The molecule has 1 aliphatic heterocycles. The zero-order chi connectivity index (χ0) is 13.0. The molecule has 0 aliphatic carbocycles. The van der Waals surface area contributed by atoms with Gasteiger partial charge in [0.25, 0.3) is 0 Å². The number of nitrogens with one attached hydrogen (secondary N) is 1. The van der Waals surface area contributed by atoms with Crippen molar-refractivity contribution in [3.05, 3.63) is 29.8 Å². The van der Waals surface area contributed by atoms with Crippen LogP contribution in [0.2, 0.25) is 0 Å². The van der Waals surface area contributed by atoms with Crippen LogP contribution in [0.5, 0.6) is 5.75 Å². The number of hydrogen-bond donors (Lipinski definition) is 1. The Bertz CT molecular complexity index is 418. The number of ether oxygens (including phenoxy) is 1. The molecule has 0 saturated carbocycles. The molecule has 98 valence electrons. The number of benzene rings is 1. The number of nitrogens with zero attached hydrogens (tertiary/aromatic N) is 1. The molecule has 1 fully saturated rings. The SMILES string of the molecule is CC(C)Oc1ccccc1CN1CCNC(=O)C1. The fraction of sp³-hybridized carbons (Fsp3) is 0.500.